The minimum atomic E-state index is 0.0973. The van der Waals surface area contributed by atoms with Crippen molar-refractivity contribution in [2.45, 2.75) is 52.5 Å². The van der Waals surface area contributed by atoms with Crippen molar-refractivity contribution in [1.82, 2.24) is 0 Å². The number of hydrogen-bond donors (Lipinski definition) is 1. The molecule has 0 amide bonds. The van der Waals surface area contributed by atoms with Crippen molar-refractivity contribution in [2.75, 3.05) is 6.61 Å². The first-order valence-electron chi connectivity index (χ1n) is 7.37. The van der Waals surface area contributed by atoms with Gasteiger partial charge in [-0.25, -0.2) is 0 Å². The van der Waals surface area contributed by atoms with Crippen LogP contribution in [0, 0.1) is 5.92 Å². The lowest BCUT2D eigenvalue weighted by atomic mass is 10.0. The van der Waals surface area contributed by atoms with Crippen LogP contribution in [0.25, 0.3) is 0 Å². The maximum Gasteiger partial charge on any atom is 0.141 e. The fraction of sp³-hybridized carbons (Fsp3) is 0.625. The SMILES string of the molecule is CCC(N)Cc1cc(Cl)cc(Cl)c1OCC(CC)CC. The van der Waals surface area contributed by atoms with Crippen LogP contribution >= 0.6 is 23.2 Å². The van der Waals surface area contributed by atoms with E-state index in [-0.39, 0.29) is 6.04 Å². The Bertz CT molecular complexity index is 419. The minimum absolute atomic E-state index is 0.0973. The van der Waals surface area contributed by atoms with Gasteiger partial charge in [0.2, 0.25) is 0 Å². The lowest BCUT2D eigenvalue weighted by Gasteiger charge is -2.19. The Morgan fingerprint density at radius 3 is 2.30 bits per heavy atom. The number of ether oxygens (including phenoxy) is 1. The molecule has 0 spiro atoms. The van der Waals surface area contributed by atoms with E-state index in [2.05, 4.69) is 20.8 Å². The van der Waals surface area contributed by atoms with Crippen LogP contribution in [0.3, 0.4) is 0 Å². The second kappa shape index (κ2) is 8.76. The minimum Gasteiger partial charge on any atom is -0.491 e. The van der Waals surface area contributed by atoms with E-state index in [1.165, 1.54) is 0 Å². The normalized spacial score (nSPS) is 12.8. The highest BCUT2D eigenvalue weighted by molar-refractivity contribution is 6.35. The van der Waals surface area contributed by atoms with Crippen LogP contribution in [0.1, 0.15) is 45.6 Å². The molecule has 4 heteroatoms. The van der Waals surface area contributed by atoms with Crippen molar-refractivity contribution in [2.24, 2.45) is 11.7 Å². The first-order valence-corrected chi connectivity index (χ1v) is 8.13. The van der Waals surface area contributed by atoms with E-state index in [0.717, 1.165) is 37.0 Å². The lowest BCUT2D eigenvalue weighted by molar-refractivity contribution is 0.238. The summed E-state index contributed by atoms with van der Waals surface area (Å²) in [7, 11) is 0. The van der Waals surface area contributed by atoms with Gasteiger partial charge in [0.1, 0.15) is 5.75 Å². The molecule has 1 atom stereocenters. The topological polar surface area (TPSA) is 35.2 Å². The number of nitrogens with two attached hydrogens (primary N) is 1. The zero-order chi connectivity index (χ0) is 15.1. The van der Waals surface area contributed by atoms with Crippen LogP contribution in [0.4, 0.5) is 0 Å². The van der Waals surface area contributed by atoms with Gasteiger partial charge in [-0.1, -0.05) is 56.8 Å². The summed E-state index contributed by atoms with van der Waals surface area (Å²) in [5.41, 5.74) is 7.04. The predicted molar refractivity (Wildman–Crippen MR) is 88.0 cm³/mol. The molecule has 2 N–H and O–H groups in total. The van der Waals surface area contributed by atoms with Crippen molar-refractivity contribution in [3.05, 3.63) is 27.7 Å². The van der Waals surface area contributed by atoms with Gasteiger partial charge in [-0.05, 0) is 36.5 Å². The van der Waals surface area contributed by atoms with Crippen molar-refractivity contribution in [3.8, 4) is 5.75 Å². The zero-order valence-corrected chi connectivity index (χ0v) is 14.1. The Kier molecular flexibility index (Phi) is 7.71. The van der Waals surface area contributed by atoms with Crippen LogP contribution < -0.4 is 10.5 Å². The Hall–Kier alpha value is -0.440. The molecule has 0 heterocycles. The highest BCUT2D eigenvalue weighted by Crippen LogP contribution is 2.34. The summed E-state index contributed by atoms with van der Waals surface area (Å²) in [4.78, 5) is 0. The molecule has 0 aromatic heterocycles. The van der Waals surface area contributed by atoms with Gasteiger partial charge in [0, 0.05) is 11.1 Å². The van der Waals surface area contributed by atoms with Gasteiger partial charge in [0.25, 0.3) is 0 Å². The standard InChI is InChI=1S/C16H25Cl2NO/c1-4-11(5-2)10-20-16-12(8-14(19)6-3)7-13(17)9-15(16)18/h7,9,11,14H,4-6,8,10,19H2,1-3H3. The molecule has 1 rings (SSSR count). The monoisotopic (exact) mass is 317 g/mol. The summed E-state index contributed by atoms with van der Waals surface area (Å²) in [5.74, 6) is 1.29. The highest BCUT2D eigenvalue weighted by Gasteiger charge is 2.15. The maximum absolute atomic E-state index is 6.28. The lowest BCUT2D eigenvalue weighted by Crippen LogP contribution is -2.22. The molecule has 0 bridgehead atoms. The van der Waals surface area contributed by atoms with Gasteiger partial charge < -0.3 is 10.5 Å². The Morgan fingerprint density at radius 1 is 1.10 bits per heavy atom. The van der Waals surface area contributed by atoms with Crippen molar-refractivity contribution in [1.29, 1.82) is 0 Å². The molecule has 114 valence electrons. The van der Waals surface area contributed by atoms with Crippen LogP contribution in [0.15, 0.2) is 12.1 Å². The van der Waals surface area contributed by atoms with Crippen LogP contribution in [-0.4, -0.2) is 12.6 Å². The van der Waals surface area contributed by atoms with Crippen LogP contribution in [0.2, 0.25) is 10.0 Å². The first-order chi connectivity index (χ1) is 9.51. The summed E-state index contributed by atoms with van der Waals surface area (Å²) in [6.45, 7) is 7.11. The summed E-state index contributed by atoms with van der Waals surface area (Å²) in [6.07, 6.45) is 3.85. The second-order valence-corrected chi connectivity index (χ2v) is 6.09. The molecule has 2 nitrogen and oxygen atoms in total. The van der Waals surface area contributed by atoms with Gasteiger partial charge in [-0.3, -0.25) is 0 Å². The van der Waals surface area contributed by atoms with E-state index in [1.54, 1.807) is 6.07 Å². The second-order valence-electron chi connectivity index (χ2n) is 5.24. The molecular formula is C16H25Cl2NO. The van der Waals surface area contributed by atoms with Gasteiger partial charge in [-0.15, -0.1) is 0 Å². The van der Waals surface area contributed by atoms with E-state index in [9.17, 15) is 0 Å². The van der Waals surface area contributed by atoms with E-state index in [4.69, 9.17) is 33.7 Å². The van der Waals surface area contributed by atoms with Crippen LogP contribution in [0.5, 0.6) is 5.75 Å². The average Bonchev–Trinajstić information content (AvgIpc) is 2.41. The van der Waals surface area contributed by atoms with Crippen molar-refractivity contribution in [3.63, 3.8) is 0 Å². The zero-order valence-electron chi connectivity index (χ0n) is 12.6. The summed E-state index contributed by atoms with van der Waals surface area (Å²) in [6, 6.07) is 3.73. The smallest absolute Gasteiger partial charge is 0.141 e. The fourth-order valence-electron chi connectivity index (χ4n) is 2.08. The molecule has 0 aliphatic rings. The first kappa shape index (κ1) is 17.6. The third-order valence-electron chi connectivity index (χ3n) is 3.71. The van der Waals surface area contributed by atoms with Crippen LogP contribution in [-0.2, 0) is 6.42 Å². The number of rotatable bonds is 8. The molecule has 0 saturated carbocycles. The summed E-state index contributed by atoms with van der Waals surface area (Å²) < 4.78 is 5.97. The number of halogens is 2. The Labute approximate surface area is 132 Å². The average molecular weight is 318 g/mol. The van der Waals surface area contributed by atoms with Gasteiger partial charge in [0.05, 0.1) is 11.6 Å². The molecular weight excluding hydrogens is 293 g/mol. The molecule has 20 heavy (non-hydrogen) atoms. The van der Waals surface area contributed by atoms with Gasteiger partial charge in [-0.2, -0.15) is 0 Å². The predicted octanol–water partition coefficient (Wildman–Crippen LogP) is 5.09. The van der Waals surface area contributed by atoms with Crippen molar-refractivity contribution >= 4 is 23.2 Å². The Balaban J connectivity index is 2.91. The van der Waals surface area contributed by atoms with E-state index >= 15 is 0 Å². The molecule has 0 aliphatic carbocycles. The Morgan fingerprint density at radius 2 is 1.75 bits per heavy atom. The molecule has 1 aromatic carbocycles. The van der Waals surface area contributed by atoms with E-state index in [0.29, 0.717) is 22.6 Å². The molecule has 0 radical (unpaired) electrons. The number of hydrogen-bond acceptors (Lipinski definition) is 2. The summed E-state index contributed by atoms with van der Waals surface area (Å²) >= 11 is 12.4. The summed E-state index contributed by atoms with van der Waals surface area (Å²) in [5, 5.41) is 1.20. The molecule has 0 fully saturated rings. The molecule has 1 unspecified atom stereocenters. The van der Waals surface area contributed by atoms with Crippen molar-refractivity contribution < 1.29 is 4.74 Å². The fourth-order valence-corrected chi connectivity index (χ4v) is 2.67. The maximum atomic E-state index is 6.28. The van der Waals surface area contributed by atoms with Gasteiger partial charge in [0.15, 0.2) is 0 Å². The van der Waals surface area contributed by atoms with E-state index in [1.807, 2.05) is 6.07 Å². The highest BCUT2D eigenvalue weighted by atomic mass is 35.5. The third kappa shape index (κ3) is 5.16. The molecule has 0 aliphatic heterocycles. The third-order valence-corrected chi connectivity index (χ3v) is 4.21. The largest absolute Gasteiger partial charge is 0.491 e. The van der Waals surface area contributed by atoms with E-state index < -0.39 is 0 Å². The molecule has 0 saturated heterocycles. The molecule has 1 aromatic rings. The number of benzene rings is 1. The van der Waals surface area contributed by atoms with Gasteiger partial charge >= 0.3 is 0 Å². The quantitative estimate of drug-likeness (QED) is 0.725.